The summed E-state index contributed by atoms with van der Waals surface area (Å²) in [7, 11) is 1.62. The summed E-state index contributed by atoms with van der Waals surface area (Å²) in [5.41, 5.74) is 4.18. The van der Waals surface area contributed by atoms with Gasteiger partial charge in [-0.2, -0.15) is 0 Å². The van der Waals surface area contributed by atoms with Crippen molar-refractivity contribution in [2.75, 3.05) is 12.4 Å². The number of ether oxygens (including phenoxy) is 1. The average Bonchev–Trinajstić information content (AvgIpc) is 3.09. The van der Waals surface area contributed by atoms with Crippen molar-refractivity contribution in [3.63, 3.8) is 0 Å². The minimum Gasteiger partial charge on any atom is -0.497 e. The molecule has 1 N–H and O–H groups in total. The number of methoxy groups -OCH3 is 1. The lowest BCUT2D eigenvalue weighted by molar-refractivity contribution is -0.115. The van der Waals surface area contributed by atoms with Crippen LogP contribution in [-0.2, 0) is 4.79 Å². The SMILES string of the molecule is COc1ccc(NC(=O)C(C)Sc2nccn2-c2cc(C)cc(C)c2)cc1. The molecule has 1 aromatic heterocycles. The molecule has 3 aromatic rings. The molecule has 0 spiro atoms. The number of nitrogens with zero attached hydrogens (tertiary/aromatic N) is 2. The number of nitrogens with one attached hydrogen (secondary N) is 1. The summed E-state index contributed by atoms with van der Waals surface area (Å²) in [6.07, 6.45) is 3.68. The van der Waals surface area contributed by atoms with Gasteiger partial charge in [-0.05, 0) is 68.3 Å². The number of hydrogen-bond donors (Lipinski definition) is 1. The molecular formula is C21H23N3O2S. The quantitative estimate of drug-likeness (QED) is 0.633. The van der Waals surface area contributed by atoms with E-state index in [-0.39, 0.29) is 11.2 Å². The topological polar surface area (TPSA) is 56.1 Å². The van der Waals surface area contributed by atoms with Gasteiger partial charge >= 0.3 is 0 Å². The molecule has 1 atom stereocenters. The minimum absolute atomic E-state index is 0.0693. The normalized spacial score (nSPS) is 11.9. The van der Waals surface area contributed by atoms with Gasteiger partial charge in [0, 0.05) is 23.8 Å². The molecule has 2 aromatic carbocycles. The fraction of sp³-hybridized carbons (Fsp3) is 0.238. The first-order chi connectivity index (χ1) is 13.0. The zero-order chi connectivity index (χ0) is 19.4. The number of imidazole rings is 1. The van der Waals surface area contributed by atoms with Crippen LogP contribution in [0.3, 0.4) is 0 Å². The van der Waals surface area contributed by atoms with Crippen molar-refractivity contribution in [3.8, 4) is 11.4 Å². The number of carbonyl (C=O) groups is 1. The number of aromatic nitrogens is 2. The Bertz CT molecular complexity index is 915. The number of rotatable bonds is 6. The van der Waals surface area contributed by atoms with Crippen molar-refractivity contribution >= 4 is 23.4 Å². The Morgan fingerprint density at radius 1 is 1.15 bits per heavy atom. The van der Waals surface area contributed by atoms with Crippen LogP contribution in [0.5, 0.6) is 5.75 Å². The Morgan fingerprint density at radius 3 is 2.44 bits per heavy atom. The predicted octanol–water partition coefficient (Wildman–Crippen LogP) is 4.62. The van der Waals surface area contributed by atoms with E-state index in [1.54, 1.807) is 13.3 Å². The Morgan fingerprint density at radius 2 is 1.81 bits per heavy atom. The molecule has 5 nitrogen and oxygen atoms in total. The summed E-state index contributed by atoms with van der Waals surface area (Å²) in [5, 5.41) is 3.43. The van der Waals surface area contributed by atoms with E-state index in [2.05, 4.69) is 42.3 Å². The molecule has 1 amide bonds. The maximum absolute atomic E-state index is 12.5. The second-order valence-corrected chi connectivity index (χ2v) is 7.71. The fourth-order valence-electron chi connectivity index (χ4n) is 2.79. The molecule has 27 heavy (non-hydrogen) atoms. The van der Waals surface area contributed by atoms with Crippen LogP contribution in [0.4, 0.5) is 5.69 Å². The summed E-state index contributed by atoms with van der Waals surface area (Å²) in [6.45, 7) is 6.03. The summed E-state index contributed by atoms with van der Waals surface area (Å²) in [5.74, 6) is 0.686. The third-order valence-electron chi connectivity index (χ3n) is 4.10. The molecule has 6 heteroatoms. The van der Waals surface area contributed by atoms with E-state index in [1.807, 2.05) is 42.0 Å². The number of anilines is 1. The van der Waals surface area contributed by atoms with Crippen molar-refractivity contribution < 1.29 is 9.53 Å². The smallest absolute Gasteiger partial charge is 0.237 e. The summed E-state index contributed by atoms with van der Waals surface area (Å²) in [6, 6.07) is 13.6. The first-order valence-corrected chi connectivity index (χ1v) is 9.58. The minimum atomic E-state index is -0.292. The van der Waals surface area contributed by atoms with E-state index in [4.69, 9.17) is 4.74 Å². The average molecular weight is 382 g/mol. The third-order valence-corrected chi connectivity index (χ3v) is 5.18. The van der Waals surface area contributed by atoms with E-state index >= 15 is 0 Å². The van der Waals surface area contributed by atoms with E-state index in [1.165, 1.54) is 22.9 Å². The van der Waals surface area contributed by atoms with Crippen LogP contribution >= 0.6 is 11.8 Å². The second kappa shape index (κ2) is 8.31. The van der Waals surface area contributed by atoms with Crippen LogP contribution in [-0.4, -0.2) is 27.8 Å². The molecule has 0 aliphatic heterocycles. The van der Waals surface area contributed by atoms with Crippen molar-refractivity contribution in [1.29, 1.82) is 0 Å². The zero-order valence-corrected chi connectivity index (χ0v) is 16.7. The number of carbonyl (C=O) groups excluding carboxylic acids is 1. The molecule has 1 heterocycles. The Kier molecular flexibility index (Phi) is 5.86. The molecule has 0 fully saturated rings. The molecule has 0 aliphatic rings. The highest BCUT2D eigenvalue weighted by Gasteiger charge is 2.18. The van der Waals surface area contributed by atoms with Gasteiger partial charge in [0.2, 0.25) is 5.91 Å². The van der Waals surface area contributed by atoms with Gasteiger partial charge in [-0.15, -0.1) is 0 Å². The van der Waals surface area contributed by atoms with Crippen molar-refractivity contribution in [2.24, 2.45) is 0 Å². The lowest BCUT2D eigenvalue weighted by Gasteiger charge is -2.14. The Hall–Kier alpha value is -2.73. The van der Waals surface area contributed by atoms with Gasteiger partial charge in [-0.3, -0.25) is 9.36 Å². The highest BCUT2D eigenvalue weighted by atomic mass is 32.2. The molecule has 0 saturated heterocycles. The number of thioether (sulfide) groups is 1. The Balaban J connectivity index is 1.71. The maximum atomic E-state index is 12.5. The van der Waals surface area contributed by atoms with Crippen LogP contribution in [0.1, 0.15) is 18.1 Å². The van der Waals surface area contributed by atoms with Gasteiger partial charge in [0.1, 0.15) is 5.75 Å². The molecule has 0 saturated carbocycles. The van der Waals surface area contributed by atoms with Crippen LogP contribution in [0.15, 0.2) is 60.0 Å². The van der Waals surface area contributed by atoms with Crippen LogP contribution in [0, 0.1) is 13.8 Å². The van der Waals surface area contributed by atoms with E-state index < -0.39 is 0 Å². The van der Waals surface area contributed by atoms with Gasteiger partial charge in [-0.25, -0.2) is 4.98 Å². The van der Waals surface area contributed by atoms with Gasteiger partial charge in [0.05, 0.1) is 12.4 Å². The van der Waals surface area contributed by atoms with Gasteiger partial charge in [0.25, 0.3) is 0 Å². The number of benzene rings is 2. The molecule has 3 rings (SSSR count). The van der Waals surface area contributed by atoms with Crippen LogP contribution in [0.2, 0.25) is 0 Å². The Labute approximate surface area is 163 Å². The summed E-state index contributed by atoms with van der Waals surface area (Å²) in [4.78, 5) is 17.0. The summed E-state index contributed by atoms with van der Waals surface area (Å²) >= 11 is 1.43. The zero-order valence-electron chi connectivity index (χ0n) is 15.9. The number of aryl methyl sites for hydroxylation is 2. The lowest BCUT2D eigenvalue weighted by Crippen LogP contribution is -2.22. The fourth-order valence-corrected chi connectivity index (χ4v) is 3.68. The standard InChI is InChI=1S/C21H23N3O2S/c1-14-11-15(2)13-18(12-14)24-10-9-22-21(24)27-16(3)20(25)23-17-5-7-19(26-4)8-6-17/h5-13,16H,1-4H3,(H,23,25). The summed E-state index contributed by atoms with van der Waals surface area (Å²) < 4.78 is 7.15. The van der Waals surface area contributed by atoms with Crippen molar-refractivity contribution in [1.82, 2.24) is 9.55 Å². The van der Waals surface area contributed by atoms with Gasteiger partial charge in [-0.1, -0.05) is 17.8 Å². The monoisotopic (exact) mass is 381 g/mol. The molecule has 1 unspecified atom stereocenters. The van der Waals surface area contributed by atoms with Crippen molar-refractivity contribution in [3.05, 3.63) is 66.0 Å². The van der Waals surface area contributed by atoms with E-state index in [0.717, 1.165) is 22.3 Å². The first-order valence-electron chi connectivity index (χ1n) is 8.70. The highest BCUT2D eigenvalue weighted by Crippen LogP contribution is 2.26. The van der Waals surface area contributed by atoms with Gasteiger partial charge in [0.15, 0.2) is 5.16 Å². The van der Waals surface area contributed by atoms with E-state index in [0.29, 0.717) is 0 Å². The van der Waals surface area contributed by atoms with Crippen LogP contribution < -0.4 is 10.1 Å². The molecule has 0 aliphatic carbocycles. The maximum Gasteiger partial charge on any atom is 0.237 e. The van der Waals surface area contributed by atoms with Crippen molar-refractivity contribution in [2.45, 2.75) is 31.2 Å². The van der Waals surface area contributed by atoms with Crippen LogP contribution in [0.25, 0.3) is 5.69 Å². The largest absolute Gasteiger partial charge is 0.497 e. The number of amides is 1. The molecule has 140 valence electrons. The lowest BCUT2D eigenvalue weighted by atomic mass is 10.1. The molecule has 0 radical (unpaired) electrons. The second-order valence-electron chi connectivity index (χ2n) is 6.40. The van der Waals surface area contributed by atoms with E-state index in [9.17, 15) is 4.79 Å². The predicted molar refractivity (Wildman–Crippen MR) is 110 cm³/mol. The number of hydrogen-bond acceptors (Lipinski definition) is 4. The van der Waals surface area contributed by atoms with Gasteiger partial charge < -0.3 is 10.1 Å². The third kappa shape index (κ3) is 4.71. The highest BCUT2D eigenvalue weighted by molar-refractivity contribution is 8.00. The molecule has 0 bridgehead atoms. The first kappa shape index (κ1) is 19.0. The molecular weight excluding hydrogens is 358 g/mol.